The molecule has 0 radical (unpaired) electrons. The Morgan fingerprint density at radius 3 is 2.39 bits per heavy atom. The van der Waals surface area contributed by atoms with Gasteiger partial charge in [0.15, 0.2) is 11.5 Å². The summed E-state index contributed by atoms with van der Waals surface area (Å²) in [6.45, 7) is 1.58. The predicted octanol–water partition coefficient (Wildman–Crippen LogP) is 6.91. The van der Waals surface area contributed by atoms with E-state index in [1.165, 1.54) is 18.2 Å². The van der Waals surface area contributed by atoms with Crippen LogP contribution in [0, 0.1) is 12.7 Å². The van der Waals surface area contributed by atoms with Crippen LogP contribution < -0.4 is 5.32 Å². The molecule has 2 heterocycles. The monoisotopic (exact) mass is 505 g/mol. The van der Waals surface area contributed by atoms with Gasteiger partial charge in [0.1, 0.15) is 17.0 Å². The molecule has 5 rings (SSSR count). The number of carbonyl (C=O) groups excluding carboxylic acids is 2. The van der Waals surface area contributed by atoms with Gasteiger partial charge in [-0.05, 0) is 61.5 Å². The summed E-state index contributed by atoms with van der Waals surface area (Å²) in [5.41, 5.74) is 2.44. The van der Waals surface area contributed by atoms with E-state index in [0.29, 0.717) is 38.8 Å². The summed E-state index contributed by atoms with van der Waals surface area (Å²) in [5, 5.41) is 4.32. The zero-order valence-corrected chi connectivity index (χ0v) is 19.0. The summed E-state index contributed by atoms with van der Waals surface area (Å²) >= 11 is 3.36. The number of anilines is 1. The highest BCUT2D eigenvalue weighted by atomic mass is 79.9. The van der Waals surface area contributed by atoms with Crippen molar-refractivity contribution in [3.05, 3.63) is 99.7 Å². The molecule has 0 saturated heterocycles. The zero-order chi connectivity index (χ0) is 23.1. The number of hydrogen-bond acceptors (Lipinski definition) is 5. The topological polar surface area (TPSA) is 72.5 Å². The lowest BCUT2D eigenvalue weighted by atomic mass is 10.1. The Labute approximate surface area is 196 Å². The van der Waals surface area contributed by atoms with Crippen molar-refractivity contribution in [2.75, 3.05) is 11.9 Å². The van der Waals surface area contributed by atoms with E-state index < -0.39 is 5.82 Å². The fourth-order valence-electron chi connectivity index (χ4n) is 3.82. The van der Waals surface area contributed by atoms with Gasteiger partial charge in [-0.1, -0.05) is 28.1 Å². The van der Waals surface area contributed by atoms with E-state index in [2.05, 4.69) is 21.2 Å². The van der Waals surface area contributed by atoms with Crippen molar-refractivity contribution in [1.82, 2.24) is 0 Å². The number of carbonyl (C=O) groups is 2. The smallest absolute Gasteiger partial charge is 0.230 e. The van der Waals surface area contributed by atoms with Gasteiger partial charge in [-0.2, -0.15) is 0 Å². The Kier molecular flexibility index (Phi) is 5.34. The van der Waals surface area contributed by atoms with Crippen molar-refractivity contribution >= 4 is 55.1 Å². The summed E-state index contributed by atoms with van der Waals surface area (Å²) in [6.07, 6.45) is 0. The summed E-state index contributed by atoms with van der Waals surface area (Å²) < 4.78 is 26.0. The molecule has 5 nitrogen and oxygen atoms in total. The maximum Gasteiger partial charge on any atom is 0.230 e. The summed E-state index contributed by atoms with van der Waals surface area (Å²) in [4.78, 5) is 26.1. The molecule has 7 heteroatoms. The number of Topliss-reactive ketones (excluding diaryl/α,β-unsaturated/α-hetero) is 1. The number of halogens is 2. The number of furan rings is 2. The molecule has 0 atom stereocenters. The van der Waals surface area contributed by atoms with Gasteiger partial charge in [0, 0.05) is 26.4 Å². The molecule has 33 heavy (non-hydrogen) atoms. The Morgan fingerprint density at radius 1 is 0.909 bits per heavy atom. The number of para-hydroxylation sites is 1. The molecule has 0 amide bonds. The second-order valence-electron chi connectivity index (χ2n) is 7.61. The van der Waals surface area contributed by atoms with E-state index in [4.69, 9.17) is 8.83 Å². The molecule has 5 aromatic rings. The van der Waals surface area contributed by atoms with Gasteiger partial charge in [-0.25, -0.2) is 4.39 Å². The highest BCUT2D eigenvalue weighted by Crippen LogP contribution is 2.33. The van der Waals surface area contributed by atoms with Crippen LogP contribution >= 0.6 is 15.9 Å². The van der Waals surface area contributed by atoms with E-state index >= 15 is 0 Å². The highest BCUT2D eigenvalue weighted by Gasteiger charge is 2.24. The van der Waals surface area contributed by atoms with E-state index in [0.717, 1.165) is 4.47 Å². The van der Waals surface area contributed by atoms with Crippen molar-refractivity contribution < 1.29 is 22.8 Å². The number of hydrogen-bond donors (Lipinski definition) is 1. The van der Waals surface area contributed by atoms with Crippen LogP contribution in [0.3, 0.4) is 0 Å². The van der Waals surface area contributed by atoms with E-state index in [9.17, 15) is 14.0 Å². The van der Waals surface area contributed by atoms with Crippen LogP contribution in [0.1, 0.15) is 32.2 Å². The van der Waals surface area contributed by atoms with Crippen molar-refractivity contribution in [3.8, 4) is 0 Å². The standard InChI is InChI=1S/C26H17BrFNO4/c1-14-19-12-17(28)10-11-22(19)32-25(14)20(30)13-29-23-18-4-2-3-5-21(18)33-26(23)24(31)15-6-8-16(27)9-7-15/h2-12,29H,13H2,1H3. The SMILES string of the molecule is Cc1c(C(=O)CNc2c(C(=O)c3ccc(Br)cc3)oc3ccccc23)oc2ccc(F)cc12. The number of ketones is 2. The second kappa shape index (κ2) is 8.33. The minimum atomic E-state index is -0.399. The molecule has 0 aliphatic heterocycles. The number of nitrogens with one attached hydrogen (secondary N) is 1. The number of fused-ring (bicyclic) bond motifs is 2. The normalized spacial score (nSPS) is 11.2. The van der Waals surface area contributed by atoms with Gasteiger partial charge in [0.25, 0.3) is 0 Å². The first-order chi connectivity index (χ1) is 15.9. The van der Waals surface area contributed by atoms with Crippen LogP contribution in [0.5, 0.6) is 0 Å². The minimum Gasteiger partial charge on any atom is -0.453 e. The molecule has 0 fully saturated rings. The minimum absolute atomic E-state index is 0.120. The Morgan fingerprint density at radius 2 is 1.61 bits per heavy atom. The lowest BCUT2D eigenvalue weighted by molar-refractivity contribution is 0.0977. The maximum absolute atomic E-state index is 13.6. The number of benzene rings is 3. The lowest BCUT2D eigenvalue weighted by Crippen LogP contribution is -2.16. The zero-order valence-electron chi connectivity index (χ0n) is 17.4. The number of rotatable bonds is 6. The molecule has 1 N–H and O–H groups in total. The van der Waals surface area contributed by atoms with Crippen molar-refractivity contribution in [3.63, 3.8) is 0 Å². The molecule has 0 unspecified atom stereocenters. The van der Waals surface area contributed by atoms with Crippen molar-refractivity contribution in [2.24, 2.45) is 0 Å². The fraction of sp³-hybridized carbons (Fsp3) is 0.0769. The van der Waals surface area contributed by atoms with Crippen LogP contribution in [0.25, 0.3) is 21.9 Å². The van der Waals surface area contributed by atoms with E-state index in [1.807, 2.05) is 18.2 Å². The van der Waals surface area contributed by atoms with Gasteiger partial charge in [0.2, 0.25) is 11.6 Å². The van der Waals surface area contributed by atoms with Crippen LogP contribution in [-0.4, -0.2) is 18.1 Å². The third-order valence-corrected chi connectivity index (χ3v) is 6.01. The van der Waals surface area contributed by atoms with Crippen LogP contribution in [0.2, 0.25) is 0 Å². The average molecular weight is 506 g/mol. The molecular formula is C26H17BrFNO4. The summed E-state index contributed by atoms with van der Waals surface area (Å²) in [5.74, 6) is -0.753. The largest absolute Gasteiger partial charge is 0.453 e. The van der Waals surface area contributed by atoms with Gasteiger partial charge < -0.3 is 14.2 Å². The van der Waals surface area contributed by atoms with E-state index in [1.54, 1.807) is 37.3 Å². The van der Waals surface area contributed by atoms with Gasteiger partial charge in [-0.3, -0.25) is 9.59 Å². The summed E-state index contributed by atoms with van der Waals surface area (Å²) in [6, 6.07) is 18.3. The molecule has 164 valence electrons. The lowest BCUT2D eigenvalue weighted by Gasteiger charge is -2.06. The molecule has 0 aliphatic carbocycles. The number of aryl methyl sites for hydroxylation is 1. The van der Waals surface area contributed by atoms with Crippen molar-refractivity contribution in [2.45, 2.75) is 6.92 Å². The molecule has 0 saturated carbocycles. The average Bonchev–Trinajstić information content (AvgIpc) is 3.35. The highest BCUT2D eigenvalue weighted by molar-refractivity contribution is 9.10. The Bertz CT molecular complexity index is 1530. The Hall–Kier alpha value is -3.71. The van der Waals surface area contributed by atoms with E-state index in [-0.39, 0.29) is 29.6 Å². The molecule has 3 aromatic carbocycles. The molecule has 0 aliphatic rings. The Balaban J connectivity index is 1.48. The van der Waals surface area contributed by atoms with Crippen LogP contribution in [0.4, 0.5) is 10.1 Å². The summed E-state index contributed by atoms with van der Waals surface area (Å²) in [7, 11) is 0. The molecule has 0 bridgehead atoms. The molecule has 0 spiro atoms. The first kappa shape index (κ1) is 21.2. The first-order valence-electron chi connectivity index (χ1n) is 10.2. The van der Waals surface area contributed by atoms with Crippen molar-refractivity contribution in [1.29, 1.82) is 0 Å². The third kappa shape index (κ3) is 3.85. The van der Waals surface area contributed by atoms with Gasteiger partial charge in [0.05, 0.1) is 12.2 Å². The predicted molar refractivity (Wildman–Crippen MR) is 128 cm³/mol. The third-order valence-electron chi connectivity index (χ3n) is 5.49. The first-order valence-corrected chi connectivity index (χ1v) is 11.0. The molecule has 2 aromatic heterocycles. The quantitative estimate of drug-likeness (QED) is 0.253. The molecular weight excluding hydrogens is 489 g/mol. The van der Waals surface area contributed by atoms with Crippen LogP contribution in [-0.2, 0) is 0 Å². The van der Waals surface area contributed by atoms with Gasteiger partial charge in [-0.15, -0.1) is 0 Å². The second-order valence-corrected chi connectivity index (χ2v) is 8.53. The maximum atomic E-state index is 13.6. The van der Waals surface area contributed by atoms with Gasteiger partial charge >= 0.3 is 0 Å². The van der Waals surface area contributed by atoms with Crippen LogP contribution in [0.15, 0.2) is 80.0 Å². The fourth-order valence-corrected chi connectivity index (χ4v) is 4.09.